The summed E-state index contributed by atoms with van der Waals surface area (Å²) in [5.74, 6) is 1.50. The summed E-state index contributed by atoms with van der Waals surface area (Å²) in [6.07, 6.45) is 4.19. The van der Waals surface area contributed by atoms with Crippen LogP contribution in [-0.4, -0.2) is 32.7 Å². The third kappa shape index (κ3) is 8.09. The van der Waals surface area contributed by atoms with Gasteiger partial charge in [0.2, 0.25) is 5.91 Å². The van der Waals surface area contributed by atoms with Gasteiger partial charge < -0.3 is 20.5 Å². The van der Waals surface area contributed by atoms with Crippen molar-refractivity contribution in [3.8, 4) is 11.5 Å². The molecule has 0 bridgehead atoms. The van der Waals surface area contributed by atoms with Gasteiger partial charge in [-0.05, 0) is 30.5 Å². The number of hydrogen-bond donors (Lipinski definition) is 2. The molecule has 0 aromatic heterocycles. The van der Waals surface area contributed by atoms with Crippen LogP contribution in [0.5, 0.6) is 11.5 Å². The first-order valence-electron chi connectivity index (χ1n) is 7.84. The molecule has 0 aliphatic heterocycles. The maximum atomic E-state index is 12.0. The number of rotatable bonds is 10. The van der Waals surface area contributed by atoms with E-state index in [1.54, 1.807) is 14.2 Å². The van der Waals surface area contributed by atoms with Gasteiger partial charge >= 0.3 is 0 Å². The van der Waals surface area contributed by atoms with Crippen LogP contribution in [0.15, 0.2) is 18.2 Å². The molecule has 0 aliphatic carbocycles. The van der Waals surface area contributed by atoms with E-state index in [0.717, 1.165) is 36.3 Å². The zero-order chi connectivity index (χ0) is 16.4. The fraction of sp³-hybridized carbons (Fsp3) is 0.588. The summed E-state index contributed by atoms with van der Waals surface area (Å²) in [6, 6.07) is 5.74. The van der Waals surface area contributed by atoms with Crippen molar-refractivity contribution in [2.45, 2.75) is 45.1 Å². The molecule has 0 saturated heterocycles. The average Bonchev–Trinajstić information content (AvgIpc) is 2.56. The molecule has 0 radical (unpaired) electrons. The summed E-state index contributed by atoms with van der Waals surface area (Å²) in [4.78, 5) is 12.0. The van der Waals surface area contributed by atoms with E-state index in [0.29, 0.717) is 19.4 Å². The molecule has 1 unspecified atom stereocenters. The average molecular weight is 345 g/mol. The Hall–Kier alpha value is -1.46. The summed E-state index contributed by atoms with van der Waals surface area (Å²) in [5, 5.41) is 3.00. The maximum Gasteiger partial charge on any atom is 0.220 e. The fourth-order valence-corrected chi connectivity index (χ4v) is 2.27. The minimum absolute atomic E-state index is 0. The van der Waals surface area contributed by atoms with Crippen molar-refractivity contribution < 1.29 is 14.3 Å². The minimum Gasteiger partial charge on any atom is -0.497 e. The Labute approximate surface area is 145 Å². The van der Waals surface area contributed by atoms with E-state index < -0.39 is 0 Å². The molecule has 1 aromatic carbocycles. The third-order valence-corrected chi connectivity index (χ3v) is 3.61. The second-order valence-electron chi connectivity index (χ2n) is 5.36. The highest BCUT2D eigenvalue weighted by Crippen LogP contribution is 2.23. The lowest BCUT2D eigenvalue weighted by Crippen LogP contribution is -2.40. The lowest BCUT2D eigenvalue weighted by atomic mass is 10.1. The Morgan fingerprint density at radius 1 is 1.22 bits per heavy atom. The van der Waals surface area contributed by atoms with E-state index >= 15 is 0 Å². The summed E-state index contributed by atoms with van der Waals surface area (Å²) >= 11 is 0. The number of nitrogens with one attached hydrogen (secondary N) is 1. The van der Waals surface area contributed by atoms with Gasteiger partial charge in [-0.15, -0.1) is 12.4 Å². The monoisotopic (exact) mass is 344 g/mol. The van der Waals surface area contributed by atoms with Crippen molar-refractivity contribution in [3.63, 3.8) is 0 Å². The van der Waals surface area contributed by atoms with Gasteiger partial charge in [0.25, 0.3) is 0 Å². The maximum absolute atomic E-state index is 12.0. The molecule has 3 N–H and O–H groups in total. The topological polar surface area (TPSA) is 73.6 Å². The highest BCUT2D eigenvalue weighted by Gasteiger charge is 2.11. The number of aryl methyl sites for hydroxylation is 1. The molecule has 0 saturated carbocycles. The number of amides is 1. The second kappa shape index (κ2) is 12.0. The van der Waals surface area contributed by atoms with Crippen LogP contribution in [-0.2, 0) is 11.2 Å². The number of methoxy groups -OCH3 is 2. The predicted octanol–water partition coefficient (Wildman–Crippen LogP) is 2.69. The zero-order valence-electron chi connectivity index (χ0n) is 14.3. The molecule has 0 heterocycles. The normalized spacial score (nSPS) is 11.3. The van der Waals surface area contributed by atoms with Gasteiger partial charge in [0, 0.05) is 25.1 Å². The van der Waals surface area contributed by atoms with E-state index in [1.807, 2.05) is 18.2 Å². The number of benzene rings is 1. The second-order valence-corrected chi connectivity index (χ2v) is 5.36. The minimum atomic E-state index is 0. The molecule has 5 nitrogen and oxygen atoms in total. The molecular formula is C17H29ClN2O3. The summed E-state index contributed by atoms with van der Waals surface area (Å²) < 4.78 is 10.5. The lowest BCUT2D eigenvalue weighted by Gasteiger charge is -2.16. The number of unbranched alkanes of at least 4 members (excludes halogenated alkanes) is 1. The Morgan fingerprint density at radius 2 is 1.83 bits per heavy atom. The SMILES string of the molecule is CCCCC(CN)NC(=O)CCc1cc(OC)cc(OC)c1.Cl. The molecule has 0 aliphatic rings. The van der Waals surface area contributed by atoms with Crippen molar-refractivity contribution in [1.29, 1.82) is 0 Å². The molecule has 1 rings (SSSR count). The quantitative estimate of drug-likeness (QED) is 0.684. The molecule has 0 spiro atoms. The van der Waals surface area contributed by atoms with E-state index in [-0.39, 0.29) is 24.4 Å². The van der Waals surface area contributed by atoms with Gasteiger partial charge in [-0.3, -0.25) is 4.79 Å². The Bertz CT molecular complexity index is 447. The van der Waals surface area contributed by atoms with E-state index in [1.165, 1.54) is 0 Å². The Morgan fingerprint density at radius 3 is 2.30 bits per heavy atom. The van der Waals surface area contributed by atoms with Crippen molar-refractivity contribution in [2.75, 3.05) is 20.8 Å². The lowest BCUT2D eigenvalue weighted by molar-refractivity contribution is -0.121. The van der Waals surface area contributed by atoms with E-state index in [4.69, 9.17) is 15.2 Å². The molecule has 1 aromatic rings. The largest absolute Gasteiger partial charge is 0.497 e. The van der Waals surface area contributed by atoms with Crippen molar-refractivity contribution in [3.05, 3.63) is 23.8 Å². The van der Waals surface area contributed by atoms with Gasteiger partial charge in [-0.2, -0.15) is 0 Å². The number of carbonyl (C=O) groups is 1. The zero-order valence-corrected chi connectivity index (χ0v) is 15.1. The van der Waals surface area contributed by atoms with E-state index in [2.05, 4.69) is 12.2 Å². The van der Waals surface area contributed by atoms with Crippen molar-refractivity contribution in [2.24, 2.45) is 5.73 Å². The molecule has 23 heavy (non-hydrogen) atoms. The number of ether oxygens (including phenoxy) is 2. The van der Waals surface area contributed by atoms with Crippen LogP contribution in [0.3, 0.4) is 0 Å². The summed E-state index contributed by atoms with van der Waals surface area (Å²) in [7, 11) is 3.23. The van der Waals surface area contributed by atoms with Gasteiger partial charge in [-0.1, -0.05) is 19.8 Å². The van der Waals surface area contributed by atoms with E-state index in [9.17, 15) is 4.79 Å². The van der Waals surface area contributed by atoms with Crippen LogP contribution >= 0.6 is 12.4 Å². The molecule has 1 amide bonds. The number of halogens is 1. The standard InChI is InChI=1S/C17H28N2O3.ClH/c1-4-5-6-14(12-18)19-17(20)8-7-13-9-15(21-2)11-16(10-13)22-3;/h9-11,14H,4-8,12,18H2,1-3H3,(H,19,20);1H. The van der Waals surface area contributed by atoms with Crippen LogP contribution < -0.4 is 20.5 Å². The van der Waals surface area contributed by atoms with Crippen LogP contribution in [0.25, 0.3) is 0 Å². The van der Waals surface area contributed by atoms with Crippen LogP contribution in [0.1, 0.15) is 38.2 Å². The van der Waals surface area contributed by atoms with Crippen LogP contribution in [0, 0.1) is 0 Å². The molecule has 6 heteroatoms. The molecular weight excluding hydrogens is 316 g/mol. The van der Waals surface area contributed by atoms with Gasteiger partial charge in [0.15, 0.2) is 0 Å². The highest BCUT2D eigenvalue weighted by molar-refractivity contribution is 5.85. The van der Waals surface area contributed by atoms with Gasteiger partial charge in [0.05, 0.1) is 14.2 Å². The first kappa shape index (κ1) is 21.5. The number of carbonyl (C=O) groups excluding carboxylic acids is 1. The Balaban J connectivity index is 0.00000484. The smallest absolute Gasteiger partial charge is 0.220 e. The van der Waals surface area contributed by atoms with Crippen molar-refractivity contribution >= 4 is 18.3 Å². The fourth-order valence-electron chi connectivity index (χ4n) is 2.27. The third-order valence-electron chi connectivity index (χ3n) is 3.61. The van der Waals surface area contributed by atoms with Gasteiger partial charge in [0.1, 0.15) is 11.5 Å². The molecule has 132 valence electrons. The predicted molar refractivity (Wildman–Crippen MR) is 95.6 cm³/mol. The number of nitrogens with two attached hydrogens (primary N) is 1. The molecule has 0 fully saturated rings. The highest BCUT2D eigenvalue weighted by atomic mass is 35.5. The number of hydrogen-bond acceptors (Lipinski definition) is 4. The first-order valence-corrected chi connectivity index (χ1v) is 7.84. The first-order chi connectivity index (χ1) is 10.6. The van der Waals surface area contributed by atoms with Crippen LogP contribution in [0.2, 0.25) is 0 Å². The van der Waals surface area contributed by atoms with Crippen LogP contribution in [0.4, 0.5) is 0 Å². The van der Waals surface area contributed by atoms with Crippen molar-refractivity contribution in [1.82, 2.24) is 5.32 Å². The summed E-state index contributed by atoms with van der Waals surface area (Å²) in [5.41, 5.74) is 6.71. The Kier molecular flexibility index (Phi) is 11.3. The summed E-state index contributed by atoms with van der Waals surface area (Å²) in [6.45, 7) is 2.62. The van der Waals surface area contributed by atoms with Gasteiger partial charge in [-0.25, -0.2) is 0 Å². The molecule has 1 atom stereocenters.